The minimum Gasteiger partial charge on any atom is -0.490 e. The molecule has 1 fully saturated rings. The second-order valence-electron chi connectivity index (χ2n) is 5.12. The summed E-state index contributed by atoms with van der Waals surface area (Å²) in [5.74, 6) is -0.439. The number of alkyl halides is 2. The lowest BCUT2D eigenvalue weighted by molar-refractivity contribution is -0.140. The lowest BCUT2D eigenvalue weighted by Gasteiger charge is -2.18. The van der Waals surface area contributed by atoms with Crippen molar-refractivity contribution in [2.24, 2.45) is 0 Å². The normalized spacial score (nSPS) is 19.6. The fraction of sp³-hybridized carbons (Fsp3) is 0.500. The maximum atomic E-state index is 13.2. The van der Waals surface area contributed by atoms with Crippen molar-refractivity contribution in [2.45, 2.75) is 31.1 Å². The van der Waals surface area contributed by atoms with Crippen molar-refractivity contribution in [3.8, 4) is 11.5 Å². The number of rotatable bonds is 3. The standard InChI is InChI=1S/C14H14F2O4/c15-12(16)8-6-10-11(20-5-1-4-19-10)7-9(8)14(2-3-14)13(17)18/h6-7,12H,1-5H2,(H,17,18). The van der Waals surface area contributed by atoms with Crippen LogP contribution in [-0.4, -0.2) is 24.3 Å². The van der Waals surface area contributed by atoms with Crippen molar-refractivity contribution in [1.82, 2.24) is 0 Å². The summed E-state index contributed by atoms with van der Waals surface area (Å²) >= 11 is 0. The van der Waals surface area contributed by atoms with Gasteiger partial charge in [0.2, 0.25) is 0 Å². The van der Waals surface area contributed by atoms with E-state index in [1.54, 1.807) is 0 Å². The summed E-state index contributed by atoms with van der Waals surface area (Å²) in [6, 6.07) is 2.65. The molecule has 6 heteroatoms. The smallest absolute Gasteiger partial charge is 0.314 e. The van der Waals surface area contributed by atoms with Crippen molar-refractivity contribution < 1.29 is 28.2 Å². The molecule has 20 heavy (non-hydrogen) atoms. The van der Waals surface area contributed by atoms with Gasteiger partial charge in [0, 0.05) is 12.0 Å². The van der Waals surface area contributed by atoms with Gasteiger partial charge in [-0.05, 0) is 30.5 Å². The molecule has 1 aromatic rings. The Kier molecular flexibility index (Phi) is 3.03. The third kappa shape index (κ3) is 1.99. The van der Waals surface area contributed by atoms with Crippen LogP contribution in [0.2, 0.25) is 0 Å². The molecule has 3 rings (SSSR count). The Morgan fingerprint density at radius 3 is 2.30 bits per heavy atom. The van der Waals surface area contributed by atoms with Crippen molar-refractivity contribution in [1.29, 1.82) is 0 Å². The molecule has 1 saturated carbocycles. The van der Waals surface area contributed by atoms with E-state index in [0.29, 0.717) is 38.2 Å². The van der Waals surface area contributed by atoms with Crippen molar-refractivity contribution in [2.75, 3.05) is 13.2 Å². The molecule has 0 radical (unpaired) electrons. The fourth-order valence-corrected chi connectivity index (χ4v) is 2.54. The summed E-state index contributed by atoms with van der Waals surface area (Å²) in [5.41, 5.74) is -1.30. The molecule has 2 aliphatic rings. The van der Waals surface area contributed by atoms with E-state index in [-0.39, 0.29) is 16.9 Å². The number of hydrogen-bond acceptors (Lipinski definition) is 3. The number of hydrogen-bond donors (Lipinski definition) is 1. The molecule has 1 N–H and O–H groups in total. The van der Waals surface area contributed by atoms with Crippen molar-refractivity contribution >= 4 is 5.97 Å². The number of carboxylic acid groups (broad SMARTS) is 1. The molecule has 4 nitrogen and oxygen atoms in total. The maximum Gasteiger partial charge on any atom is 0.314 e. The summed E-state index contributed by atoms with van der Waals surface area (Å²) in [6.07, 6.45) is -1.32. The van der Waals surface area contributed by atoms with E-state index in [1.165, 1.54) is 12.1 Å². The summed E-state index contributed by atoms with van der Waals surface area (Å²) in [5, 5.41) is 9.31. The summed E-state index contributed by atoms with van der Waals surface area (Å²) < 4.78 is 37.3. The second kappa shape index (κ2) is 4.61. The predicted molar refractivity (Wildman–Crippen MR) is 65.6 cm³/mol. The van der Waals surface area contributed by atoms with Crippen molar-refractivity contribution in [3.63, 3.8) is 0 Å². The third-order valence-electron chi connectivity index (χ3n) is 3.83. The molecular weight excluding hydrogens is 270 g/mol. The van der Waals surface area contributed by atoms with Crippen molar-refractivity contribution in [3.05, 3.63) is 23.3 Å². The first-order valence-electron chi connectivity index (χ1n) is 6.50. The largest absolute Gasteiger partial charge is 0.490 e. The topological polar surface area (TPSA) is 55.8 Å². The Labute approximate surface area is 114 Å². The van der Waals surface area contributed by atoms with Crippen LogP contribution in [0.4, 0.5) is 8.78 Å². The van der Waals surface area contributed by atoms with Crippen LogP contribution in [0.1, 0.15) is 36.8 Å². The van der Waals surface area contributed by atoms with Gasteiger partial charge < -0.3 is 14.6 Å². The van der Waals surface area contributed by atoms with Gasteiger partial charge in [0.1, 0.15) is 0 Å². The first-order valence-corrected chi connectivity index (χ1v) is 6.50. The average Bonchev–Trinajstić information content (AvgIpc) is 3.21. The van der Waals surface area contributed by atoms with Crippen LogP contribution >= 0.6 is 0 Å². The number of carbonyl (C=O) groups is 1. The highest BCUT2D eigenvalue weighted by molar-refractivity contribution is 5.86. The highest BCUT2D eigenvalue weighted by Gasteiger charge is 2.53. The van der Waals surface area contributed by atoms with Crippen LogP contribution < -0.4 is 9.47 Å². The van der Waals surface area contributed by atoms with Gasteiger partial charge in [0.25, 0.3) is 6.43 Å². The van der Waals surface area contributed by atoms with Gasteiger partial charge in [-0.2, -0.15) is 0 Å². The van der Waals surface area contributed by atoms with E-state index < -0.39 is 17.8 Å². The van der Waals surface area contributed by atoms with Crippen LogP contribution in [0.3, 0.4) is 0 Å². The molecule has 0 atom stereocenters. The molecule has 0 aromatic heterocycles. The molecule has 0 bridgehead atoms. The average molecular weight is 284 g/mol. The quantitative estimate of drug-likeness (QED) is 0.927. The minimum absolute atomic E-state index is 0.157. The third-order valence-corrected chi connectivity index (χ3v) is 3.83. The summed E-state index contributed by atoms with van der Waals surface area (Å²) in [4.78, 5) is 11.4. The zero-order chi connectivity index (χ0) is 14.3. The Hall–Kier alpha value is -1.85. The van der Waals surface area contributed by atoms with E-state index in [9.17, 15) is 18.7 Å². The van der Waals surface area contributed by atoms with Gasteiger partial charge in [0.05, 0.1) is 18.6 Å². The molecule has 0 amide bonds. The number of aliphatic carboxylic acids is 1. The van der Waals surface area contributed by atoms with E-state index in [1.807, 2.05) is 0 Å². The Bertz CT molecular complexity index is 552. The molecule has 0 unspecified atom stereocenters. The molecule has 1 heterocycles. The lowest BCUT2D eigenvalue weighted by atomic mass is 9.91. The summed E-state index contributed by atoms with van der Waals surface area (Å²) in [7, 11) is 0. The zero-order valence-corrected chi connectivity index (χ0v) is 10.7. The number of benzene rings is 1. The molecule has 1 aliphatic heterocycles. The van der Waals surface area contributed by atoms with E-state index >= 15 is 0 Å². The van der Waals surface area contributed by atoms with Crippen LogP contribution in [0.15, 0.2) is 12.1 Å². The van der Waals surface area contributed by atoms with E-state index in [4.69, 9.17) is 9.47 Å². The Morgan fingerprint density at radius 2 is 1.80 bits per heavy atom. The Morgan fingerprint density at radius 1 is 1.20 bits per heavy atom. The minimum atomic E-state index is -2.74. The van der Waals surface area contributed by atoms with Crippen LogP contribution in [0, 0.1) is 0 Å². The van der Waals surface area contributed by atoms with E-state index in [0.717, 1.165) is 0 Å². The molecule has 108 valence electrons. The molecule has 0 spiro atoms. The van der Waals surface area contributed by atoms with Gasteiger partial charge in [-0.15, -0.1) is 0 Å². The van der Waals surface area contributed by atoms with E-state index in [2.05, 4.69) is 0 Å². The molecule has 1 aliphatic carbocycles. The Balaban J connectivity index is 2.13. The maximum absolute atomic E-state index is 13.2. The number of carboxylic acids is 1. The molecular formula is C14H14F2O4. The predicted octanol–water partition coefficient (Wildman–Crippen LogP) is 2.90. The van der Waals surface area contributed by atoms with Gasteiger partial charge in [0.15, 0.2) is 11.5 Å². The van der Waals surface area contributed by atoms with Crippen LogP contribution in [0.25, 0.3) is 0 Å². The highest BCUT2D eigenvalue weighted by atomic mass is 19.3. The first-order chi connectivity index (χ1) is 9.54. The molecule has 1 aromatic carbocycles. The van der Waals surface area contributed by atoms with Gasteiger partial charge in [-0.1, -0.05) is 0 Å². The monoisotopic (exact) mass is 284 g/mol. The van der Waals surface area contributed by atoms with Gasteiger partial charge in [-0.25, -0.2) is 8.78 Å². The SMILES string of the molecule is O=C(O)C1(c2cc3c(cc2C(F)F)OCCCO3)CC1. The van der Waals surface area contributed by atoms with Gasteiger partial charge in [-0.3, -0.25) is 4.79 Å². The van der Waals surface area contributed by atoms with Crippen LogP contribution in [0.5, 0.6) is 11.5 Å². The zero-order valence-electron chi connectivity index (χ0n) is 10.7. The number of halogens is 2. The van der Waals surface area contributed by atoms with Gasteiger partial charge >= 0.3 is 5.97 Å². The summed E-state index contributed by atoms with van der Waals surface area (Å²) in [6.45, 7) is 0.833. The van der Waals surface area contributed by atoms with Crippen LogP contribution in [-0.2, 0) is 10.2 Å². The fourth-order valence-electron chi connectivity index (χ4n) is 2.54. The first kappa shape index (κ1) is 13.1. The second-order valence-corrected chi connectivity index (χ2v) is 5.12. The molecule has 0 saturated heterocycles. The number of ether oxygens (including phenoxy) is 2. The highest BCUT2D eigenvalue weighted by Crippen LogP contribution is 2.53. The number of fused-ring (bicyclic) bond motifs is 1. The lowest BCUT2D eigenvalue weighted by Crippen LogP contribution is -2.21.